The fourth-order valence-corrected chi connectivity index (χ4v) is 4.36. The Morgan fingerprint density at radius 2 is 1.76 bits per heavy atom. The lowest BCUT2D eigenvalue weighted by atomic mass is 10.0. The zero-order valence-electron chi connectivity index (χ0n) is 14.3. The van der Waals surface area contributed by atoms with E-state index in [1.165, 1.54) is 21.3 Å². The summed E-state index contributed by atoms with van der Waals surface area (Å²) in [5, 5.41) is 2.69. The number of fused-ring (bicyclic) bond motifs is 1. The Hall–Kier alpha value is -2.54. The lowest BCUT2D eigenvalue weighted by Gasteiger charge is -2.30. The van der Waals surface area contributed by atoms with Crippen molar-refractivity contribution in [1.29, 1.82) is 0 Å². The molecule has 0 radical (unpaired) electrons. The van der Waals surface area contributed by atoms with E-state index in [-0.39, 0.29) is 10.9 Å². The van der Waals surface area contributed by atoms with Crippen molar-refractivity contribution in [2.45, 2.75) is 17.7 Å². The Balaban J connectivity index is 1.88. The van der Waals surface area contributed by atoms with Gasteiger partial charge in [-0.15, -0.1) is 0 Å². The second-order valence-electron chi connectivity index (χ2n) is 6.16. The summed E-state index contributed by atoms with van der Waals surface area (Å²) in [5.41, 5.74) is 2.35. The van der Waals surface area contributed by atoms with E-state index in [4.69, 9.17) is 0 Å². The van der Waals surface area contributed by atoms with Crippen molar-refractivity contribution in [2.24, 2.45) is 0 Å². The highest BCUT2D eigenvalue weighted by molar-refractivity contribution is 7.92. The minimum absolute atomic E-state index is 0.215. The summed E-state index contributed by atoms with van der Waals surface area (Å²) in [4.78, 5) is 13.3. The van der Waals surface area contributed by atoms with Crippen molar-refractivity contribution in [1.82, 2.24) is 4.90 Å². The number of carbonyl (C=O) groups excluding carboxylic acids is 1. The van der Waals surface area contributed by atoms with Gasteiger partial charge in [-0.05, 0) is 48.7 Å². The third-order valence-electron chi connectivity index (χ3n) is 4.17. The van der Waals surface area contributed by atoms with E-state index in [1.807, 2.05) is 24.3 Å². The first-order valence-electron chi connectivity index (χ1n) is 8.08. The molecule has 0 unspecified atom stereocenters. The number of hydrogen-bond donors (Lipinski definition) is 1. The molecular weight excluding hydrogens is 338 g/mol. The van der Waals surface area contributed by atoms with Gasteiger partial charge in [-0.2, -0.15) is 0 Å². The van der Waals surface area contributed by atoms with Gasteiger partial charge in [0.15, 0.2) is 0 Å². The molecule has 2 aromatic rings. The maximum absolute atomic E-state index is 13.0. The Morgan fingerprint density at radius 3 is 2.44 bits per heavy atom. The van der Waals surface area contributed by atoms with E-state index in [0.29, 0.717) is 12.2 Å². The number of anilines is 2. The molecule has 0 bridgehead atoms. The monoisotopic (exact) mass is 359 g/mol. The molecule has 6 nitrogen and oxygen atoms in total. The van der Waals surface area contributed by atoms with Gasteiger partial charge >= 0.3 is 6.03 Å². The molecule has 0 fully saturated rings. The van der Waals surface area contributed by atoms with Crippen molar-refractivity contribution in [3.8, 4) is 0 Å². The molecule has 1 heterocycles. The van der Waals surface area contributed by atoms with E-state index in [2.05, 4.69) is 5.32 Å². The second kappa shape index (κ2) is 6.76. The van der Waals surface area contributed by atoms with E-state index in [9.17, 15) is 13.2 Å². The number of para-hydroxylation sites is 1. The van der Waals surface area contributed by atoms with Gasteiger partial charge < -0.3 is 10.2 Å². The molecule has 2 aromatic carbocycles. The van der Waals surface area contributed by atoms with E-state index >= 15 is 0 Å². The molecule has 0 spiro atoms. The van der Waals surface area contributed by atoms with Crippen molar-refractivity contribution in [2.75, 3.05) is 30.3 Å². The van der Waals surface area contributed by atoms with Gasteiger partial charge in [0.25, 0.3) is 10.0 Å². The summed E-state index contributed by atoms with van der Waals surface area (Å²) in [6, 6.07) is 13.6. The topological polar surface area (TPSA) is 69.7 Å². The summed E-state index contributed by atoms with van der Waals surface area (Å²) in [6.07, 6.45) is 1.69. The lowest BCUT2D eigenvalue weighted by molar-refractivity contribution is 0.230. The number of benzene rings is 2. The fraction of sp³-hybridized carbons (Fsp3) is 0.278. The molecule has 2 amide bonds. The molecule has 132 valence electrons. The van der Waals surface area contributed by atoms with E-state index < -0.39 is 10.0 Å². The molecule has 25 heavy (non-hydrogen) atoms. The molecule has 7 heteroatoms. The summed E-state index contributed by atoms with van der Waals surface area (Å²) in [6.45, 7) is 0.471. The number of hydrogen-bond acceptors (Lipinski definition) is 3. The molecule has 0 aliphatic carbocycles. The van der Waals surface area contributed by atoms with Gasteiger partial charge in [0.2, 0.25) is 0 Å². The molecule has 1 aliphatic rings. The predicted molar refractivity (Wildman–Crippen MR) is 98.4 cm³/mol. The predicted octanol–water partition coefficient (Wildman–Crippen LogP) is 2.92. The number of aryl methyl sites for hydroxylation is 1. The Kier molecular flexibility index (Phi) is 4.67. The third-order valence-corrected chi connectivity index (χ3v) is 5.99. The van der Waals surface area contributed by atoms with Crippen LogP contribution in [-0.2, 0) is 16.4 Å². The van der Waals surface area contributed by atoms with Gasteiger partial charge in [0, 0.05) is 26.3 Å². The number of amides is 2. The molecular formula is C18H21N3O3S. The number of urea groups is 1. The van der Waals surface area contributed by atoms with Crippen molar-refractivity contribution < 1.29 is 13.2 Å². The Labute approximate surface area is 148 Å². The van der Waals surface area contributed by atoms with Gasteiger partial charge in [-0.3, -0.25) is 4.31 Å². The van der Waals surface area contributed by atoms with Crippen LogP contribution in [0.25, 0.3) is 0 Å². The van der Waals surface area contributed by atoms with Crippen LogP contribution in [0.1, 0.15) is 12.0 Å². The normalized spacial score (nSPS) is 13.9. The van der Waals surface area contributed by atoms with Crippen LogP contribution in [0.3, 0.4) is 0 Å². The van der Waals surface area contributed by atoms with Crippen LogP contribution in [0.5, 0.6) is 0 Å². The van der Waals surface area contributed by atoms with Crippen LogP contribution in [0.15, 0.2) is 53.4 Å². The maximum Gasteiger partial charge on any atom is 0.321 e. The quantitative estimate of drug-likeness (QED) is 0.916. The molecule has 1 N–H and O–H groups in total. The molecule has 0 atom stereocenters. The summed E-state index contributed by atoms with van der Waals surface area (Å²) in [5.74, 6) is 0. The second-order valence-corrected chi connectivity index (χ2v) is 8.02. The van der Waals surface area contributed by atoms with Crippen molar-refractivity contribution >= 4 is 27.4 Å². The minimum Gasteiger partial charge on any atom is -0.331 e. The van der Waals surface area contributed by atoms with Gasteiger partial charge in [0.1, 0.15) is 0 Å². The summed E-state index contributed by atoms with van der Waals surface area (Å²) in [7, 11) is -0.345. The van der Waals surface area contributed by atoms with Crippen LogP contribution in [-0.4, -0.2) is 40.0 Å². The van der Waals surface area contributed by atoms with Gasteiger partial charge in [0.05, 0.1) is 10.6 Å². The number of sulfonamides is 1. The van der Waals surface area contributed by atoms with Crippen molar-refractivity contribution in [3.63, 3.8) is 0 Å². The highest BCUT2D eigenvalue weighted by atomic mass is 32.2. The third kappa shape index (κ3) is 3.46. The first kappa shape index (κ1) is 17.3. The van der Waals surface area contributed by atoms with Gasteiger partial charge in [-0.25, -0.2) is 13.2 Å². The van der Waals surface area contributed by atoms with Crippen LogP contribution in [0.4, 0.5) is 16.2 Å². The number of rotatable bonds is 3. The molecule has 3 rings (SSSR count). The average molecular weight is 359 g/mol. The first-order valence-corrected chi connectivity index (χ1v) is 9.52. The lowest BCUT2D eigenvalue weighted by Crippen LogP contribution is -2.35. The maximum atomic E-state index is 13.0. The van der Waals surface area contributed by atoms with Crippen LogP contribution in [0, 0.1) is 0 Å². The highest BCUT2D eigenvalue weighted by Gasteiger charge is 2.28. The van der Waals surface area contributed by atoms with Crippen LogP contribution in [0.2, 0.25) is 0 Å². The number of nitrogens with zero attached hydrogens (tertiary/aromatic N) is 2. The SMILES string of the molecule is CN(C)C(=O)Nc1ccc(S(=O)(=O)N2CCCc3ccccc32)cc1. The molecule has 0 aromatic heterocycles. The number of nitrogens with one attached hydrogen (secondary N) is 1. The Bertz CT molecular complexity index is 877. The van der Waals surface area contributed by atoms with Crippen LogP contribution >= 0.6 is 0 Å². The first-order chi connectivity index (χ1) is 11.9. The fourth-order valence-electron chi connectivity index (χ4n) is 2.82. The van der Waals surface area contributed by atoms with E-state index in [1.54, 1.807) is 26.2 Å². The smallest absolute Gasteiger partial charge is 0.321 e. The largest absolute Gasteiger partial charge is 0.331 e. The Morgan fingerprint density at radius 1 is 1.08 bits per heavy atom. The van der Waals surface area contributed by atoms with Crippen molar-refractivity contribution in [3.05, 3.63) is 54.1 Å². The average Bonchev–Trinajstić information content (AvgIpc) is 2.61. The zero-order valence-corrected chi connectivity index (χ0v) is 15.1. The number of carbonyl (C=O) groups is 1. The summed E-state index contributed by atoms with van der Waals surface area (Å²) >= 11 is 0. The standard InChI is InChI=1S/C18H21N3O3S/c1-20(2)18(22)19-15-9-11-16(12-10-15)25(23,24)21-13-5-7-14-6-3-4-8-17(14)21/h3-4,6,8-12H,5,7,13H2,1-2H3,(H,19,22). The van der Waals surface area contributed by atoms with Gasteiger partial charge in [-0.1, -0.05) is 18.2 Å². The highest BCUT2D eigenvalue weighted by Crippen LogP contribution is 2.32. The molecule has 0 saturated heterocycles. The minimum atomic E-state index is -3.63. The molecule has 1 aliphatic heterocycles. The molecule has 0 saturated carbocycles. The zero-order chi connectivity index (χ0) is 18.0. The summed E-state index contributed by atoms with van der Waals surface area (Å²) < 4.78 is 27.5. The van der Waals surface area contributed by atoms with Crippen LogP contribution < -0.4 is 9.62 Å². The van der Waals surface area contributed by atoms with E-state index in [0.717, 1.165) is 24.1 Å².